The Balaban J connectivity index is 1.46. The molecule has 0 bridgehead atoms. The van der Waals surface area contributed by atoms with Gasteiger partial charge in [-0.3, -0.25) is 9.59 Å². The summed E-state index contributed by atoms with van der Waals surface area (Å²) in [6.45, 7) is 3.22. The number of carbonyl (C=O) groups is 2. The first-order valence-electron chi connectivity index (χ1n) is 9.22. The maximum Gasteiger partial charge on any atom is 0.276 e. The van der Waals surface area contributed by atoms with E-state index in [9.17, 15) is 9.59 Å². The van der Waals surface area contributed by atoms with Gasteiger partial charge in [0.05, 0.1) is 11.2 Å². The molecule has 1 saturated heterocycles. The number of nitrogens with zero attached hydrogens (tertiary/aromatic N) is 5. The lowest BCUT2D eigenvalue weighted by Gasteiger charge is -2.32. The van der Waals surface area contributed by atoms with E-state index in [0.29, 0.717) is 22.8 Å². The highest BCUT2D eigenvalue weighted by atomic mass is 32.1. The first kappa shape index (κ1) is 19.2. The number of thiazole rings is 1. The highest BCUT2D eigenvalue weighted by Crippen LogP contribution is 2.20. The van der Waals surface area contributed by atoms with E-state index >= 15 is 0 Å². The largest absolute Gasteiger partial charge is 0.336 e. The predicted octanol–water partition coefficient (Wildman–Crippen LogP) is 2.24. The number of carbonyl (C=O) groups excluding carboxylic acids is 2. The number of amides is 2. The number of anilines is 1. The third kappa shape index (κ3) is 4.47. The molecular formula is C20H20N6O2S. The molecule has 1 aromatic carbocycles. The van der Waals surface area contributed by atoms with Crippen molar-refractivity contribution in [1.82, 2.24) is 25.0 Å². The highest BCUT2D eigenvalue weighted by molar-refractivity contribution is 7.07. The van der Waals surface area contributed by atoms with E-state index in [1.165, 1.54) is 11.3 Å². The zero-order valence-corrected chi connectivity index (χ0v) is 16.7. The lowest BCUT2D eigenvalue weighted by Crippen LogP contribution is -2.47. The van der Waals surface area contributed by atoms with Gasteiger partial charge < -0.3 is 15.1 Å². The molecule has 2 amide bonds. The van der Waals surface area contributed by atoms with Gasteiger partial charge in [0.15, 0.2) is 5.82 Å². The molecule has 0 spiro atoms. The summed E-state index contributed by atoms with van der Waals surface area (Å²) in [5.74, 6) is 0.0459. The summed E-state index contributed by atoms with van der Waals surface area (Å²) in [5, 5.41) is 12.6. The van der Waals surface area contributed by atoms with Crippen LogP contribution in [-0.4, -0.2) is 70.0 Å². The fourth-order valence-electron chi connectivity index (χ4n) is 3.06. The number of piperazine rings is 1. The first-order chi connectivity index (χ1) is 14.1. The summed E-state index contributed by atoms with van der Waals surface area (Å²) in [6.07, 6.45) is 0. The van der Waals surface area contributed by atoms with Crippen LogP contribution in [0.5, 0.6) is 0 Å². The second-order valence-electron chi connectivity index (χ2n) is 6.81. The van der Waals surface area contributed by atoms with E-state index in [-0.39, 0.29) is 11.8 Å². The molecule has 1 aliphatic rings. The Morgan fingerprint density at radius 1 is 1.07 bits per heavy atom. The minimum atomic E-state index is -0.326. The molecule has 3 aromatic rings. The summed E-state index contributed by atoms with van der Waals surface area (Å²) in [6, 6.07) is 10.8. The fraction of sp³-hybridized carbons (Fsp3) is 0.250. The number of nitrogens with one attached hydrogen (secondary N) is 1. The van der Waals surface area contributed by atoms with Crippen LogP contribution >= 0.6 is 11.3 Å². The molecule has 0 atom stereocenters. The lowest BCUT2D eigenvalue weighted by atomic mass is 10.1. The van der Waals surface area contributed by atoms with Gasteiger partial charge in [0.1, 0.15) is 5.69 Å². The first-order valence-corrected chi connectivity index (χ1v) is 10.2. The van der Waals surface area contributed by atoms with E-state index in [1.807, 2.05) is 29.2 Å². The van der Waals surface area contributed by atoms with Crippen LogP contribution in [0.4, 0.5) is 5.82 Å². The van der Waals surface area contributed by atoms with Gasteiger partial charge >= 0.3 is 0 Å². The zero-order chi connectivity index (χ0) is 20.2. The van der Waals surface area contributed by atoms with Gasteiger partial charge in [-0.05, 0) is 31.3 Å². The molecule has 8 nitrogen and oxygen atoms in total. The quantitative estimate of drug-likeness (QED) is 0.712. The van der Waals surface area contributed by atoms with Crippen LogP contribution in [0.25, 0.3) is 11.3 Å². The smallest absolute Gasteiger partial charge is 0.276 e. The van der Waals surface area contributed by atoms with Crippen LogP contribution in [0.1, 0.15) is 20.8 Å². The van der Waals surface area contributed by atoms with Crippen molar-refractivity contribution in [2.45, 2.75) is 0 Å². The minimum Gasteiger partial charge on any atom is -0.336 e. The van der Waals surface area contributed by atoms with E-state index in [0.717, 1.165) is 31.7 Å². The predicted molar refractivity (Wildman–Crippen MR) is 111 cm³/mol. The molecule has 148 valence electrons. The fourth-order valence-corrected chi connectivity index (χ4v) is 3.59. The Morgan fingerprint density at radius 3 is 2.59 bits per heavy atom. The van der Waals surface area contributed by atoms with Crippen LogP contribution < -0.4 is 5.32 Å². The molecule has 0 unspecified atom stereocenters. The molecule has 2 aromatic heterocycles. The van der Waals surface area contributed by atoms with Crippen molar-refractivity contribution in [3.8, 4) is 11.3 Å². The van der Waals surface area contributed by atoms with Gasteiger partial charge in [-0.2, -0.15) is 0 Å². The maximum atomic E-state index is 12.8. The van der Waals surface area contributed by atoms with Gasteiger partial charge in [-0.25, -0.2) is 4.98 Å². The van der Waals surface area contributed by atoms with Crippen LogP contribution in [0.15, 0.2) is 47.3 Å². The third-order valence-corrected chi connectivity index (χ3v) is 5.35. The molecule has 29 heavy (non-hydrogen) atoms. The van der Waals surface area contributed by atoms with E-state index in [2.05, 4.69) is 32.4 Å². The van der Waals surface area contributed by atoms with Gasteiger partial charge in [0.25, 0.3) is 11.8 Å². The van der Waals surface area contributed by atoms with Gasteiger partial charge in [0.2, 0.25) is 0 Å². The Hall–Kier alpha value is -3.17. The summed E-state index contributed by atoms with van der Waals surface area (Å²) in [7, 11) is 2.06. The molecule has 0 saturated carbocycles. The Labute approximate surface area is 172 Å². The zero-order valence-electron chi connectivity index (χ0n) is 15.9. The average Bonchev–Trinajstić information content (AvgIpc) is 3.30. The highest BCUT2D eigenvalue weighted by Gasteiger charge is 2.20. The standard InChI is InChI=1S/C20H20N6O2S/c1-25-7-9-26(10-8-25)20(28)15-4-2-3-14(11-15)16-5-6-18(24-23-16)22-19(27)17-12-29-13-21-17/h2-6,11-13H,7-10H2,1H3,(H,22,24,27). The van der Waals surface area contributed by atoms with Crippen molar-refractivity contribution < 1.29 is 9.59 Å². The molecule has 1 N–H and O–H groups in total. The summed E-state index contributed by atoms with van der Waals surface area (Å²) >= 11 is 1.35. The Bertz CT molecular complexity index is 998. The molecular weight excluding hydrogens is 388 g/mol. The molecule has 0 radical (unpaired) electrons. The Morgan fingerprint density at radius 2 is 1.90 bits per heavy atom. The van der Waals surface area contributed by atoms with Crippen molar-refractivity contribution >= 4 is 29.0 Å². The lowest BCUT2D eigenvalue weighted by molar-refractivity contribution is 0.0664. The summed E-state index contributed by atoms with van der Waals surface area (Å²) in [4.78, 5) is 32.9. The maximum absolute atomic E-state index is 12.8. The van der Waals surface area contributed by atoms with Crippen LogP contribution in [0.3, 0.4) is 0 Å². The van der Waals surface area contributed by atoms with Crippen LogP contribution in [0.2, 0.25) is 0 Å². The molecule has 1 fully saturated rings. The number of rotatable bonds is 4. The molecule has 4 rings (SSSR count). The van der Waals surface area contributed by atoms with E-state index in [4.69, 9.17) is 0 Å². The van der Waals surface area contributed by atoms with Crippen molar-refractivity contribution in [1.29, 1.82) is 0 Å². The second-order valence-corrected chi connectivity index (χ2v) is 7.53. The number of hydrogen-bond acceptors (Lipinski definition) is 7. The third-order valence-electron chi connectivity index (χ3n) is 4.77. The summed E-state index contributed by atoms with van der Waals surface area (Å²) in [5.41, 5.74) is 4.01. The SMILES string of the molecule is CN1CCN(C(=O)c2cccc(-c3ccc(NC(=O)c4cscn4)nn3)c2)CC1. The normalized spacial score (nSPS) is 14.6. The van der Waals surface area contributed by atoms with Crippen molar-refractivity contribution in [3.63, 3.8) is 0 Å². The minimum absolute atomic E-state index is 0.0278. The number of hydrogen-bond donors (Lipinski definition) is 1. The molecule has 3 heterocycles. The van der Waals surface area contributed by atoms with Gasteiger partial charge in [0, 0.05) is 42.7 Å². The van der Waals surface area contributed by atoms with Crippen molar-refractivity contribution in [3.05, 3.63) is 58.5 Å². The van der Waals surface area contributed by atoms with Crippen LogP contribution in [0, 0.1) is 0 Å². The average molecular weight is 408 g/mol. The monoisotopic (exact) mass is 408 g/mol. The molecule has 9 heteroatoms. The molecule has 1 aliphatic heterocycles. The number of aromatic nitrogens is 3. The second kappa shape index (κ2) is 8.46. The number of likely N-dealkylation sites (N-methyl/N-ethyl adjacent to an activating group) is 1. The number of benzene rings is 1. The van der Waals surface area contributed by atoms with Crippen LogP contribution in [-0.2, 0) is 0 Å². The summed E-state index contributed by atoms with van der Waals surface area (Å²) < 4.78 is 0. The van der Waals surface area contributed by atoms with Crippen molar-refractivity contribution in [2.24, 2.45) is 0 Å². The molecule has 0 aliphatic carbocycles. The van der Waals surface area contributed by atoms with Gasteiger partial charge in [-0.15, -0.1) is 21.5 Å². The van der Waals surface area contributed by atoms with E-state index in [1.54, 1.807) is 23.0 Å². The van der Waals surface area contributed by atoms with Crippen molar-refractivity contribution in [2.75, 3.05) is 38.5 Å². The topological polar surface area (TPSA) is 91.3 Å². The van der Waals surface area contributed by atoms with E-state index < -0.39 is 0 Å². The van der Waals surface area contributed by atoms with Gasteiger partial charge in [-0.1, -0.05) is 12.1 Å². The Kier molecular flexibility index (Phi) is 5.59.